The number of hydrogen-bond acceptors (Lipinski definition) is 3. The number of aromatic nitrogens is 3. The van der Waals surface area contributed by atoms with Gasteiger partial charge in [0.25, 0.3) is 0 Å². The predicted molar refractivity (Wildman–Crippen MR) is 110 cm³/mol. The summed E-state index contributed by atoms with van der Waals surface area (Å²) < 4.78 is 3.07. The molecule has 2 aromatic heterocycles. The first-order valence-electron chi connectivity index (χ1n) is 9.64. The van der Waals surface area contributed by atoms with E-state index in [0.717, 1.165) is 25.2 Å². The first-order chi connectivity index (χ1) is 13.7. The quantitative estimate of drug-likeness (QED) is 0.543. The van der Waals surface area contributed by atoms with Crippen molar-refractivity contribution in [1.82, 2.24) is 19.1 Å². The van der Waals surface area contributed by atoms with Crippen molar-refractivity contribution in [3.05, 3.63) is 100 Å². The second-order valence-corrected chi connectivity index (χ2v) is 7.50. The Morgan fingerprint density at radius 3 is 2.64 bits per heavy atom. The molecule has 5 heteroatoms. The zero-order valence-corrected chi connectivity index (χ0v) is 15.8. The minimum atomic E-state index is -0.142. The van der Waals surface area contributed by atoms with Crippen molar-refractivity contribution in [2.24, 2.45) is 0 Å². The van der Waals surface area contributed by atoms with E-state index in [-0.39, 0.29) is 5.69 Å². The fourth-order valence-corrected chi connectivity index (χ4v) is 4.20. The van der Waals surface area contributed by atoms with E-state index >= 15 is 0 Å². The zero-order valence-electron chi connectivity index (χ0n) is 15.8. The van der Waals surface area contributed by atoms with Crippen LogP contribution in [0.4, 0.5) is 0 Å². The van der Waals surface area contributed by atoms with Crippen LogP contribution in [0.5, 0.6) is 0 Å². The third kappa shape index (κ3) is 2.84. The van der Waals surface area contributed by atoms with Crippen molar-refractivity contribution in [2.45, 2.75) is 18.9 Å². The lowest BCUT2D eigenvalue weighted by atomic mass is 9.86. The molecule has 1 aliphatic rings. The van der Waals surface area contributed by atoms with Gasteiger partial charge in [0, 0.05) is 18.7 Å². The first-order valence-corrected chi connectivity index (χ1v) is 9.64. The normalized spacial score (nSPS) is 17.4. The Balaban J connectivity index is 1.64. The topological polar surface area (TPSA) is 42.5 Å². The highest BCUT2D eigenvalue weighted by Gasteiger charge is 2.23. The Bertz CT molecular complexity index is 1190. The summed E-state index contributed by atoms with van der Waals surface area (Å²) in [6.07, 6.45) is 2.84. The maximum atomic E-state index is 12.8. The van der Waals surface area contributed by atoms with Crippen molar-refractivity contribution in [3.8, 4) is 5.69 Å². The predicted octanol–water partition coefficient (Wildman–Crippen LogP) is 3.45. The number of nitrogens with zero attached hydrogens (tertiary/aromatic N) is 4. The highest BCUT2D eigenvalue weighted by atomic mass is 16.2. The van der Waals surface area contributed by atoms with Gasteiger partial charge in [-0.25, -0.2) is 9.20 Å². The summed E-state index contributed by atoms with van der Waals surface area (Å²) in [5.41, 5.74) is 5.27. The lowest BCUT2D eigenvalue weighted by Crippen LogP contribution is -2.20. The third-order valence-corrected chi connectivity index (χ3v) is 5.62. The molecule has 4 aromatic rings. The van der Waals surface area contributed by atoms with Crippen molar-refractivity contribution in [2.75, 3.05) is 13.6 Å². The van der Waals surface area contributed by atoms with Crippen molar-refractivity contribution in [1.29, 1.82) is 0 Å². The average molecular weight is 370 g/mol. The maximum Gasteiger partial charge on any atom is 0.355 e. The van der Waals surface area contributed by atoms with Crippen LogP contribution in [0.2, 0.25) is 0 Å². The molecule has 0 aliphatic carbocycles. The minimum absolute atomic E-state index is 0.142. The summed E-state index contributed by atoms with van der Waals surface area (Å²) in [5.74, 6) is 0.369. The number of fused-ring (bicyclic) bond motifs is 2. The molecule has 28 heavy (non-hydrogen) atoms. The van der Waals surface area contributed by atoms with Gasteiger partial charge in [-0.3, -0.25) is 0 Å². The Labute approximate surface area is 163 Å². The monoisotopic (exact) mass is 370 g/mol. The second-order valence-electron chi connectivity index (χ2n) is 7.50. The van der Waals surface area contributed by atoms with E-state index < -0.39 is 0 Å². The van der Waals surface area contributed by atoms with Gasteiger partial charge in [-0.15, -0.1) is 5.10 Å². The van der Waals surface area contributed by atoms with Gasteiger partial charge in [0.15, 0.2) is 5.65 Å². The van der Waals surface area contributed by atoms with Gasteiger partial charge >= 0.3 is 5.69 Å². The molecular weight excluding hydrogens is 348 g/mol. The summed E-state index contributed by atoms with van der Waals surface area (Å²) in [6, 6.07) is 22.6. The van der Waals surface area contributed by atoms with Gasteiger partial charge in [0.2, 0.25) is 0 Å². The molecule has 0 spiro atoms. The summed E-state index contributed by atoms with van der Waals surface area (Å²) in [4.78, 5) is 15.1. The van der Waals surface area contributed by atoms with Gasteiger partial charge in [0.05, 0.1) is 5.69 Å². The number of pyridine rings is 1. The van der Waals surface area contributed by atoms with Crippen molar-refractivity contribution >= 4 is 5.65 Å². The van der Waals surface area contributed by atoms with Crippen LogP contribution in [0.25, 0.3) is 11.3 Å². The molecular formula is C23H22N4O. The maximum absolute atomic E-state index is 12.8. The molecule has 0 saturated carbocycles. The van der Waals surface area contributed by atoms with Crippen molar-refractivity contribution in [3.63, 3.8) is 0 Å². The van der Waals surface area contributed by atoms with Crippen LogP contribution in [-0.4, -0.2) is 32.7 Å². The van der Waals surface area contributed by atoms with Gasteiger partial charge in [-0.2, -0.15) is 4.68 Å². The summed E-state index contributed by atoms with van der Waals surface area (Å²) in [6.45, 7) is 1.91. The molecule has 0 amide bonds. The molecule has 1 unspecified atom stereocenters. The van der Waals surface area contributed by atoms with Gasteiger partial charge in [-0.1, -0.05) is 42.5 Å². The smallest absolute Gasteiger partial charge is 0.302 e. The zero-order chi connectivity index (χ0) is 19.1. The van der Waals surface area contributed by atoms with Crippen LogP contribution in [0, 0.1) is 0 Å². The fraction of sp³-hybridized carbons (Fsp3) is 0.217. The summed E-state index contributed by atoms with van der Waals surface area (Å²) in [5, 5.41) is 4.50. The molecule has 5 nitrogen and oxygen atoms in total. The minimum Gasteiger partial charge on any atom is -0.302 e. The number of rotatable bonds is 2. The molecule has 140 valence electrons. The molecule has 2 aromatic carbocycles. The Morgan fingerprint density at radius 1 is 1.00 bits per heavy atom. The van der Waals surface area contributed by atoms with Crippen LogP contribution in [0.3, 0.4) is 0 Å². The van der Waals surface area contributed by atoms with E-state index in [1.807, 2.05) is 24.3 Å². The third-order valence-electron chi connectivity index (χ3n) is 5.62. The Morgan fingerprint density at radius 2 is 1.82 bits per heavy atom. The van der Waals surface area contributed by atoms with E-state index in [4.69, 9.17) is 0 Å². The second kappa shape index (κ2) is 6.77. The van der Waals surface area contributed by atoms with Crippen LogP contribution in [-0.2, 0) is 6.54 Å². The molecule has 0 saturated heterocycles. The molecule has 0 radical (unpaired) electrons. The summed E-state index contributed by atoms with van der Waals surface area (Å²) in [7, 11) is 2.15. The van der Waals surface area contributed by atoms with E-state index in [9.17, 15) is 4.79 Å². The van der Waals surface area contributed by atoms with Crippen LogP contribution in [0.15, 0.2) is 77.7 Å². The van der Waals surface area contributed by atoms with E-state index in [1.165, 1.54) is 21.4 Å². The van der Waals surface area contributed by atoms with E-state index in [1.54, 1.807) is 10.6 Å². The van der Waals surface area contributed by atoms with E-state index in [2.05, 4.69) is 59.5 Å². The first kappa shape index (κ1) is 17.0. The van der Waals surface area contributed by atoms with Crippen LogP contribution in [0.1, 0.15) is 29.0 Å². The number of benzene rings is 2. The highest BCUT2D eigenvalue weighted by molar-refractivity contribution is 5.47. The summed E-state index contributed by atoms with van der Waals surface area (Å²) >= 11 is 0. The van der Waals surface area contributed by atoms with Crippen molar-refractivity contribution < 1.29 is 0 Å². The molecule has 0 N–H and O–H groups in total. The molecule has 1 atom stereocenters. The molecule has 0 bridgehead atoms. The average Bonchev–Trinajstić information content (AvgIpc) is 2.96. The van der Waals surface area contributed by atoms with Crippen LogP contribution < -0.4 is 5.69 Å². The molecule has 1 aliphatic heterocycles. The van der Waals surface area contributed by atoms with Gasteiger partial charge in [-0.05, 0) is 61.0 Å². The van der Waals surface area contributed by atoms with Gasteiger partial charge in [0.1, 0.15) is 0 Å². The molecule has 0 fully saturated rings. The lowest BCUT2D eigenvalue weighted by Gasteiger charge is -2.18. The Kier molecular flexibility index (Phi) is 4.10. The SMILES string of the molecule is CN1CCC(c2ccccc2)c2ccc(-n3nc4ccccn4c3=O)cc2C1. The van der Waals surface area contributed by atoms with Gasteiger partial charge < -0.3 is 4.90 Å². The fourth-order valence-electron chi connectivity index (χ4n) is 4.20. The lowest BCUT2D eigenvalue weighted by molar-refractivity contribution is 0.328. The van der Waals surface area contributed by atoms with E-state index in [0.29, 0.717) is 11.6 Å². The number of hydrogen-bond donors (Lipinski definition) is 0. The standard InChI is InChI=1S/C23H22N4O/c1-25-14-12-21(17-7-3-2-4-8-17)20-11-10-19(15-18(20)16-25)27-23(28)26-13-6-5-9-22(26)24-27/h2-11,13,15,21H,12,14,16H2,1H3. The molecule has 5 rings (SSSR count). The molecule has 3 heterocycles. The Hall–Kier alpha value is -3.18. The largest absolute Gasteiger partial charge is 0.355 e. The van der Waals surface area contributed by atoms with Crippen LogP contribution >= 0.6 is 0 Å². The highest BCUT2D eigenvalue weighted by Crippen LogP contribution is 2.34.